The molecule has 8 fully saturated rings. The van der Waals surface area contributed by atoms with Gasteiger partial charge < -0.3 is 18.9 Å². The summed E-state index contributed by atoms with van der Waals surface area (Å²) in [5.41, 5.74) is 5.56. The second-order valence-corrected chi connectivity index (χ2v) is 21.6. The Labute approximate surface area is 396 Å². The van der Waals surface area contributed by atoms with Crippen LogP contribution in [0.1, 0.15) is 99.3 Å². The van der Waals surface area contributed by atoms with Crippen molar-refractivity contribution in [1.82, 2.24) is 0 Å². The van der Waals surface area contributed by atoms with Crippen molar-refractivity contribution in [1.29, 1.82) is 0 Å². The molecule has 8 aliphatic rings. The molecular weight excluding hydrogens is 853 g/mol. The largest absolute Gasteiger partial charge is 0.482 e. The van der Waals surface area contributed by atoms with Crippen LogP contribution < -0.4 is 18.9 Å². The normalized spacial score (nSPS) is 29.4. The number of nitrogens with zero attached hydrogens (tertiary/aromatic N) is 2. The van der Waals surface area contributed by atoms with E-state index < -0.39 is 9.85 Å². The molecule has 0 spiro atoms. The van der Waals surface area contributed by atoms with Gasteiger partial charge in [0.25, 0.3) is 0 Å². The summed E-state index contributed by atoms with van der Waals surface area (Å²) in [6.45, 7) is 0.443. The summed E-state index contributed by atoms with van der Waals surface area (Å²) >= 11 is 0. The van der Waals surface area contributed by atoms with Crippen molar-refractivity contribution >= 4 is 11.4 Å². The molecule has 6 aromatic rings. The van der Waals surface area contributed by atoms with Crippen molar-refractivity contribution in [3.8, 4) is 34.5 Å². The molecule has 8 saturated carbocycles. The molecule has 0 heterocycles. The van der Waals surface area contributed by atoms with Crippen molar-refractivity contribution in [2.24, 2.45) is 34.5 Å². The van der Waals surface area contributed by atoms with Gasteiger partial charge in [0.2, 0.25) is 11.5 Å². The molecule has 68 heavy (non-hydrogen) atoms. The van der Waals surface area contributed by atoms with Gasteiger partial charge in [-0.15, -0.1) is 0 Å². The third-order valence-corrected chi connectivity index (χ3v) is 17.4. The zero-order valence-electron chi connectivity index (χ0n) is 38.2. The van der Waals surface area contributed by atoms with Crippen LogP contribution in [0.4, 0.5) is 11.4 Å². The number of hydrogen-bond donors (Lipinski definition) is 0. The molecule has 10 heteroatoms. The number of rotatable bonds is 15. The van der Waals surface area contributed by atoms with Crippen LogP contribution in [0.5, 0.6) is 34.5 Å². The van der Waals surface area contributed by atoms with Crippen molar-refractivity contribution in [2.75, 3.05) is 0 Å². The molecule has 346 valence electrons. The minimum Gasteiger partial charge on any atom is -0.482 e. The van der Waals surface area contributed by atoms with Crippen molar-refractivity contribution < 1.29 is 28.8 Å². The van der Waals surface area contributed by atoms with E-state index in [1.165, 1.54) is 100 Å². The van der Waals surface area contributed by atoms with Gasteiger partial charge in [-0.3, -0.25) is 20.2 Å². The van der Waals surface area contributed by atoms with Gasteiger partial charge in [0, 0.05) is 24.3 Å². The molecule has 0 aromatic heterocycles. The highest BCUT2D eigenvalue weighted by molar-refractivity contribution is 5.53. The quantitative estimate of drug-likeness (QED) is 0.0737. The van der Waals surface area contributed by atoms with E-state index in [0.717, 1.165) is 34.8 Å². The standard InChI is InChI=1S/C58H56N2O8/c61-59(62)51-21-19-49(25-53(51)65-35-39-7-3-1-4-8-39)67-47-15-11-45(12-16-47)55-27-41-23-42(28-55)32-57(31-41,37-55)58-33-43-24-44(34-58)30-56(29-43,38-58)46-13-17-48(18-14-46)68-50-20-22-52(60(63)64)54(26-50)66-36-40-9-5-2-6-10-40/h1-22,25-26,41-44H,23-24,27-38H2. The maximum atomic E-state index is 11.9. The summed E-state index contributed by atoms with van der Waals surface area (Å²) in [6, 6.07) is 46.4. The fraction of sp³-hybridized carbons (Fsp3) is 0.379. The SMILES string of the molecule is O=[N+]([O-])c1ccc(Oc2ccc(C34CC5CC(C3)CC(C36CC7CC(CC(c8ccc(Oc9ccc([N+](=O)[O-])c(OCc%10ccccc%10)c9)cc8)(C7)C3)C6)(C5)C4)cc2)cc1OCc1ccccc1. The first-order valence-corrected chi connectivity index (χ1v) is 24.5. The first-order valence-electron chi connectivity index (χ1n) is 24.5. The first kappa shape index (κ1) is 42.7. The van der Waals surface area contributed by atoms with Crippen LogP contribution >= 0.6 is 0 Å². The molecule has 0 N–H and O–H groups in total. The maximum absolute atomic E-state index is 11.9. The van der Waals surface area contributed by atoms with Crippen LogP contribution in [-0.2, 0) is 24.0 Å². The zero-order chi connectivity index (χ0) is 46.1. The topological polar surface area (TPSA) is 123 Å². The van der Waals surface area contributed by atoms with Gasteiger partial charge in [0.05, 0.1) is 9.85 Å². The highest BCUT2D eigenvalue weighted by Crippen LogP contribution is 2.79. The van der Waals surface area contributed by atoms with E-state index in [0.29, 0.717) is 33.8 Å². The van der Waals surface area contributed by atoms with E-state index in [1.54, 1.807) is 24.3 Å². The lowest BCUT2D eigenvalue weighted by Gasteiger charge is -2.74. The summed E-state index contributed by atoms with van der Waals surface area (Å²) in [5.74, 6) is 5.81. The lowest BCUT2D eigenvalue weighted by atomic mass is 9.30. The van der Waals surface area contributed by atoms with Gasteiger partial charge in [0.1, 0.15) is 36.2 Å². The fourth-order valence-corrected chi connectivity index (χ4v) is 15.6. The third-order valence-electron chi connectivity index (χ3n) is 17.4. The molecule has 0 amide bonds. The lowest BCUT2D eigenvalue weighted by molar-refractivity contribution is -0.386. The van der Waals surface area contributed by atoms with Crippen LogP contribution in [0.3, 0.4) is 0 Å². The Balaban J connectivity index is 0.769. The Morgan fingerprint density at radius 2 is 0.794 bits per heavy atom. The third kappa shape index (κ3) is 7.66. The van der Waals surface area contributed by atoms with Gasteiger partial charge in [-0.25, -0.2) is 0 Å². The zero-order valence-corrected chi connectivity index (χ0v) is 38.2. The number of ether oxygens (including phenoxy) is 4. The van der Waals surface area contributed by atoms with E-state index in [4.69, 9.17) is 18.9 Å². The average Bonchev–Trinajstić information content (AvgIpc) is 3.33. The molecule has 0 aliphatic heterocycles. The highest BCUT2D eigenvalue weighted by Gasteiger charge is 2.70. The van der Waals surface area contributed by atoms with Crippen LogP contribution in [0, 0.1) is 54.7 Å². The summed E-state index contributed by atoms with van der Waals surface area (Å²) in [5, 5.41) is 23.8. The number of nitro groups is 2. The van der Waals surface area contributed by atoms with E-state index in [-0.39, 0.29) is 46.9 Å². The smallest absolute Gasteiger partial charge is 0.311 e. The minimum absolute atomic E-state index is 0.0890. The molecule has 10 nitrogen and oxygen atoms in total. The van der Waals surface area contributed by atoms with Crippen molar-refractivity contribution in [3.63, 3.8) is 0 Å². The van der Waals surface area contributed by atoms with E-state index in [1.807, 2.05) is 60.7 Å². The van der Waals surface area contributed by atoms with Gasteiger partial charge in [-0.2, -0.15) is 0 Å². The molecule has 0 saturated heterocycles. The van der Waals surface area contributed by atoms with E-state index >= 15 is 0 Å². The van der Waals surface area contributed by atoms with Crippen molar-refractivity contribution in [2.45, 2.75) is 101 Å². The molecule has 4 unspecified atom stereocenters. The lowest BCUT2D eigenvalue weighted by Crippen LogP contribution is -2.66. The van der Waals surface area contributed by atoms with Crippen LogP contribution in [0.25, 0.3) is 0 Å². The predicted molar refractivity (Wildman–Crippen MR) is 258 cm³/mol. The van der Waals surface area contributed by atoms with Crippen LogP contribution in [-0.4, -0.2) is 9.85 Å². The Kier molecular flexibility index (Phi) is 10.4. The summed E-state index contributed by atoms with van der Waals surface area (Å²) < 4.78 is 24.6. The Bertz CT molecular complexity index is 2640. The van der Waals surface area contributed by atoms with Crippen LogP contribution in [0.2, 0.25) is 0 Å². The molecular formula is C58H56N2O8. The molecule has 4 atom stereocenters. The van der Waals surface area contributed by atoms with E-state index in [2.05, 4.69) is 48.5 Å². The highest BCUT2D eigenvalue weighted by atomic mass is 16.6. The second kappa shape index (κ2) is 16.5. The molecule has 0 radical (unpaired) electrons. The van der Waals surface area contributed by atoms with Gasteiger partial charge >= 0.3 is 11.4 Å². The maximum Gasteiger partial charge on any atom is 0.311 e. The van der Waals surface area contributed by atoms with Crippen molar-refractivity contribution in [3.05, 3.63) is 188 Å². The Hall–Kier alpha value is -6.68. The summed E-state index contributed by atoms with van der Waals surface area (Å²) in [4.78, 5) is 22.9. The Morgan fingerprint density at radius 3 is 1.15 bits per heavy atom. The minimum atomic E-state index is -0.416. The van der Waals surface area contributed by atoms with Crippen LogP contribution in [0.15, 0.2) is 146 Å². The predicted octanol–water partition coefficient (Wildman–Crippen LogP) is 14.6. The number of benzene rings is 6. The van der Waals surface area contributed by atoms with Gasteiger partial charge in [-0.05, 0) is 181 Å². The number of hydrogen-bond acceptors (Lipinski definition) is 8. The number of nitro benzene ring substituents is 2. The van der Waals surface area contributed by atoms with E-state index in [9.17, 15) is 20.2 Å². The van der Waals surface area contributed by atoms with Gasteiger partial charge in [0.15, 0.2) is 0 Å². The monoisotopic (exact) mass is 908 g/mol. The molecule has 6 aromatic carbocycles. The Morgan fingerprint density at radius 1 is 0.441 bits per heavy atom. The molecule has 8 aliphatic carbocycles. The molecule has 14 rings (SSSR count). The summed E-state index contributed by atoms with van der Waals surface area (Å²) in [7, 11) is 0. The average molecular weight is 909 g/mol. The molecule has 8 bridgehead atoms. The van der Waals surface area contributed by atoms with Gasteiger partial charge in [-0.1, -0.05) is 84.9 Å². The fourth-order valence-electron chi connectivity index (χ4n) is 15.6. The second-order valence-electron chi connectivity index (χ2n) is 21.6. The summed E-state index contributed by atoms with van der Waals surface area (Å²) in [6.07, 6.45) is 15.8. The first-order chi connectivity index (χ1) is 33.0.